The topological polar surface area (TPSA) is 61.9 Å². The molecule has 1 aromatic carbocycles. The molecule has 0 bridgehead atoms. The fraction of sp³-hybridized carbons (Fsp3) is 0.556. The molecular weight excluding hydrogens is 306 g/mol. The van der Waals surface area contributed by atoms with E-state index < -0.39 is 0 Å². The van der Waals surface area contributed by atoms with Gasteiger partial charge in [-0.25, -0.2) is 4.79 Å². The lowest BCUT2D eigenvalue weighted by Gasteiger charge is -2.33. The van der Waals surface area contributed by atoms with Crippen LogP contribution in [0, 0.1) is 13.8 Å². The third-order valence-corrected chi connectivity index (χ3v) is 4.36. The fourth-order valence-electron chi connectivity index (χ4n) is 2.72. The number of ether oxygens (including phenoxy) is 1. The van der Waals surface area contributed by atoms with E-state index in [-0.39, 0.29) is 24.6 Å². The van der Waals surface area contributed by atoms with Gasteiger partial charge < -0.3 is 19.9 Å². The average Bonchev–Trinajstić information content (AvgIpc) is 2.56. The molecule has 132 valence electrons. The lowest BCUT2D eigenvalue weighted by Crippen LogP contribution is -2.49. The Morgan fingerprint density at radius 3 is 2.46 bits per heavy atom. The smallest absolute Gasteiger partial charge is 0.319 e. The largest absolute Gasteiger partial charge is 0.484 e. The molecule has 1 N–H and O–H groups in total. The molecule has 0 saturated carbocycles. The molecule has 1 heterocycles. The monoisotopic (exact) mass is 333 g/mol. The number of likely N-dealkylation sites (tertiary alicyclic amines) is 1. The van der Waals surface area contributed by atoms with E-state index >= 15 is 0 Å². The SMILES string of the molecule is Cc1ccc(OCC(=O)NC2CCN(C(=O)N(C)C)CC2)cc1C. The van der Waals surface area contributed by atoms with E-state index in [2.05, 4.69) is 5.32 Å². The molecule has 2 rings (SSSR count). The minimum absolute atomic E-state index is 0.0132. The summed E-state index contributed by atoms with van der Waals surface area (Å²) in [5.41, 5.74) is 2.34. The van der Waals surface area contributed by atoms with Crippen molar-refractivity contribution in [3.63, 3.8) is 0 Å². The lowest BCUT2D eigenvalue weighted by molar-refractivity contribution is -0.124. The van der Waals surface area contributed by atoms with Crippen LogP contribution in [0.4, 0.5) is 4.79 Å². The Balaban J connectivity index is 1.73. The number of hydrogen-bond acceptors (Lipinski definition) is 3. The second-order valence-corrected chi connectivity index (χ2v) is 6.54. The maximum Gasteiger partial charge on any atom is 0.319 e. The Bertz CT molecular complexity index is 593. The normalized spacial score (nSPS) is 15.1. The molecule has 6 heteroatoms. The number of benzene rings is 1. The van der Waals surface area contributed by atoms with E-state index in [1.54, 1.807) is 19.0 Å². The molecule has 1 fully saturated rings. The molecule has 0 atom stereocenters. The van der Waals surface area contributed by atoms with Gasteiger partial charge in [0.15, 0.2) is 6.61 Å². The van der Waals surface area contributed by atoms with Crippen LogP contribution in [0.3, 0.4) is 0 Å². The van der Waals surface area contributed by atoms with Gasteiger partial charge in [0.25, 0.3) is 5.91 Å². The number of carbonyl (C=O) groups is 2. The van der Waals surface area contributed by atoms with Crippen LogP contribution in [0.5, 0.6) is 5.75 Å². The fourth-order valence-corrected chi connectivity index (χ4v) is 2.72. The molecule has 1 aliphatic heterocycles. The van der Waals surface area contributed by atoms with Crippen LogP contribution in [0.15, 0.2) is 18.2 Å². The number of hydrogen-bond donors (Lipinski definition) is 1. The van der Waals surface area contributed by atoms with E-state index in [1.165, 1.54) is 5.56 Å². The first-order chi connectivity index (χ1) is 11.4. The highest BCUT2D eigenvalue weighted by Crippen LogP contribution is 2.16. The molecule has 1 saturated heterocycles. The zero-order chi connectivity index (χ0) is 17.7. The molecule has 24 heavy (non-hydrogen) atoms. The van der Waals surface area contributed by atoms with Crippen molar-refractivity contribution in [3.05, 3.63) is 29.3 Å². The Morgan fingerprint density at radius 1 is 1.21 bits per heavy atom. The van der Waals surface area contributed by atoms with Gasteiger partial charge in [-0.3, -0.25) is 4.79 Å². The summed E-state index contributed by atoms with van der Waals surface area (Å²) < 4.78 is 5.55. The van der Waals surface area contributed by atoms with Crippen molar-refractivity contribution in [2.24, 2.45) is 0 Å². The number of rotatable bonds is 4. The molecule has 6 nitrogen and oxygen atoms in total. The molecule has 1 aromatic rings. The van der Waals surface area contributed by atoms with Crippen molar-refractivity contribution < 1.29 is 14.3 Å². The van der Waals surface area contributed by atoms with Crippen molar-refractivity contribution in [3.8, 4) is 5.75 Å². The Morgan fingerprint density at radius 2 is 1.88 bits per heavy atom. The first-order valence-corrected chi connectivity index (χ1v) is 8.32. The van der Waals surface area contributed by atoms with Crippen LogP contribution in [0.25, 0.3) is 0 Å². The molecule has 0 aliphatic carbocycles. The van der Waals surface area contributed by atoms with Gasteiger partial charge in [-0.05, 0) is 49.9 Å². The Kier molecular flexibility index (Phi) is 6.06. The summed E-state index contributed by atoms with van der Waals surface area (Å²) in [7, 11) is 3.50. The zero-order valence-electron chi connectivity index (χ0n) is 15.0. The summed E-state index contributed by atoms with van der Waals surface area (Å²) in [5, 5.41) is 2.99. The summed E-state index contributed by atoms with van der Waals surface area (Å²) in [6.45, 7) is 5.41. The minimum atomic E-state index is -0.120. The predicted molar refractivity (Wildman–Crippen MR) is 93.2 cm³/mol. The molecule has 3 amide bonds. The first kappa shape index (κ1) is 18.1. The third kappa shape index (κ3) is 4.88. The number of carbonyl (C=O) groups excluding carboxylic acids is 2. The van der Waals surface area contributed by atoms with E-state index in [1.807, 2.05) is 36.9 Å². The van der Waals surface area contributed by atoms with Gasteiger partial charge in [-0.2, -0.15) is 0 Å². The van der Waals surface area contributed by atoms with Crippen LogP contribution in [-0.4, -0.2) is 61.6 Å². The Hall–Kier alpha value is -2.24. The molecule has 0 spiro atoms. The number of nitrogens with zero attached hydrogens (tertiary/aromatic N) is 2. The number of amides is 3. The number of aryl methyl sites for hydroxylation is 2. The van der Waals surface area contributed by atoms with Crippen molar-refractivity contribution in [1.82, 2.24) is 15.1 Å². The maximum absolute atomic E-state index is 12.0. The van der Waals surface area contributed by atoms with E-state index in [4.69, 9.17) is 4.74 Å². The molecule has 1 aliphatic rings. The van der Waals surface area contributed by atoms with Crippen LogP contribution in [0.2, 0.25) is 0 Å². The van der Waals surface area contributed by atoms with Gasteiger partial charge in [0, 0.05) is 33.2 Å². The van der Waals surface area contributed by atoms with E-state index in [0.29, 0.717) is 18.8 Å². The number of nitrogens with one attached hydrogen (secondary N) is 1. The zero-order valence-corrected chi connectivity index (χ0v) is 15.0. The molecule has 0 radical (unpaired) electrons. The summed E-state index contributed by atoms with van der Waals surface area (Å²) in [5.74, 6) is 0.588. The summed E-state index contributed by atoms with van der Waals surface area (Å²) >= 11 is 0. The Labute approximate surface area is 143 Å². The van der Waals surface area contributed by atoms with Gasteiger partial charge in [-0.1, -0.05) is 6.07 Å². The van der Waals surface area contributed by atoms with Crippen molar-refractivity contribution >= 4 is 11.9 Å². The highest BCUT2D eigenvalue weighted by atomic mass is 16.5. The van der Waals surface area contributed by atoms with Gasteiger partial charge in [0.05, 0.1) is 0 Å². The lowest BCUT2D eigenvalue weighted by atomic mass is 10.1. The van der Waals surface area contributed by atoms with Crippen molar-refractivity contribution in [1.29, 1.82) is 0 Å². The molecule has 0 unspecified atom stereocenters. The van der Waals surface area contributed by atoms with Crippen LogP contribution < -0.4 is 10.1 Å². The van der Waals surface area contributed by atoms with Gasteiger partial charge in [0.1, 0.15) is 5.75 Å². The maximum atomic E-state index is 12.0. The van der Waals surface area contributed by atoms with Crippen molar-refractivity contribution in [2.45, 2.75) is 32.7 Å². The standard InChI is InChI=1S/C18H27N3O3/c1-13-5-6-16(11-14(13)2)24-12-17(22)19-15-7-9-21(10-8-15)18(23)20(3)4/h5-6,11,15H,7-10,12H2,1-4H3,(H,19,22). The predicted octanol–water partition coefficient (Wildman–Crippen LogP) is 1.94. The molecular formula is C18H27N3O3. The third-order valence-electron chi connectivity index (χ3n) is 4.36. The first-order valence-electron chi connectivity index (χ1n) is 8.32. The van der Waals surface area contributed by atoms with E-state index in [9.17, 15) is 9.59 Å². The van der Waals surface area contributed by atoms with Crippen LogP contribution in [-0.2, 0) is 4.79 Å². The quantitative estimate of drug-likeness (QED) is 0.916. The van der Waals surface area contributed by atoms with Gasteiger partial charge >= 0.3 is 6.03 Å². The second kappa shape index (κ2) is 8.04. The van der Waals surface area contributed by atoms with E-state index in [0.717, 1.165) is 18.4 Å². The van der Waals surface area contributed by atoms with Crippen LogP contribution >= 0.6 is 0 Å². The highest BCUT2D eigenvalue weighted by Gasteiger charge is 2.24. The van der Waals surface area contributed by atoms with Gasteiger partial charge in [-0.15, -0.1) is 0 Å². The summed E-state index contributed by atoms with van der Waals surface area (Å²) in [6.07, 6.45) is 1.55. The number of urea groups is 1. The summed E-state index contributed by atoms with van der Waals surface area (Å²) in [4.78, 5) is 27.3. The second-order valence-electron chi connectivity index (χ2n) is 6.54. The average molecular weight is 333 g/mol. The molecule has 0 aromatic heterocycles. The van der Waals surface area contributed by atoms with Crippen LogP contribution in [0.1, 0.15) is 24.0 Å². The minimum Gasteiger partial charge on any atom is -0.484 e. The number of piperidine rings is 1. The summed E-state index contributed by atoms with van der Waals surface area (Å²) in [6, 6.07) is 5.93. The highest BCUT2D eigenvalue weighted by molar-refractivity contribution is 5.78. The van der Waals surface area contributed by atoms with Crippen molar-refractivity contribution in [2.75, 3.05) is 33.8 Å². The van der Waals surface area contributed by atoms with Gasteiger partial charge in [0.2, 0.25) is 0 Å².